The van der Waals surface area contributed by atoms with Gasteiger partial charge in [0.25, 0.3) is 0 Å². The molecule has 1 atom stereocenters. The van der Waals surface area contributed by atoms with Crippen LogP contribution in [-0.4, -0.2) is 28.7 Å². The lowest BCUT2D eigenvalue weighted by Gasteiger charge is -2.35. The Hall–Kier alpha value is -0.0500. The van der Waals surface area contributed by atoms with E-state index in [1.54, 1.807) is 0 Å². The van der Waals surface area contributed by atoms with Crippen LogP contribution in [-0.2, 0) is 4.79 Å². The molecule has 0 radical (unpaired) electrons. The molecule has 76 valence electrons. The monoisotopic (exact) mass is 247 g/mol. The zero-order valence-corrected chi connectivity index (χ0v) is 9.85. The summed E-state index contributed by atoms with van der Waals surface area (Å²) in [5, 5.41) is 0.790. The summed E-state index contributed by atoms with van der Waals surface area (Å²) in [6.45, 7) is 3.15. The molecule has 0 aromatic rings. The van der Waals surface area contributed by atoms with Crippen LogP contribution < -0.4 is 0 Å². The molecule has 0 bridgehead atoms. The molecule has 1 aliphatic rings. The van der Waals surface area contributed by atoms with Crippen molar-refractivity contribution in [3.8, 4) is 0 Å². The number of piperidine rings is 1. The van der Waals surface area contributed by atoms with E-state index in [0.29, 0.717) is 18.4 Å². The summed E-state index contributed by atoms with van der Waals surface area (Å²) >= 11 is 3.31. The van der Waals surface area contributed by atoms with Crippen LogP contribution >= 0.6 is 15.9 Å². The molecular formula is C10H18BrNO. The van der Waals surface area contributed by atoms with Crippen LogP contribution in [0, 0.1) is 0 Å². The third-order valence-electron chi connectivity index (χ3n) is 2.73. The number of carbonyl (C=O) groups is 1. The Morgan fingerprint density at radius 2 is 2.31 bits per heavy atom. The zero-order chi connectivity index (χ0) is 9.68. The van der Waals surface area contributed by atoms with Gasteiger partial charge in [-0.1, -0.05) is 22.9 Å². The highest BCUT2D eigenvalue weighted by atomic mass is 79.9. The second-order valence-corrected chi connectivity index (χ2v) is 4.38. The molecule has 1 saturated heterocycles. The lowest BCUT2D eigenvalue weighted by atomic mass is 10.00. The van der Waals surface area contributed by atoms with Gasteiger partial charge in [0.15, 0.2) is 0 Å². The third-order valence-corrected chi connectivity index (χ3v) is 3.12. The first kappa shape index (κ1) is 11.0. The minimum atomic E-state index is 0.323. The fourth-order valence-electron chi connectivity index (χ4n) is 1.98. The van der Waals surface area contributed by atoms with Crippen molar-refractivity contribution >= 4 is 21.8 Å². The first-order valence-corrected chi connectivity index (χ1v) is 6.27. The van der Waals surface area contributed by atoms with Gasteiger partial charge in [-0.25, -0.2) is 0 Å². The fraction of sp³-hybridized carbons (Fsp3) is 0.900. The highest BCUT2D eigenvalue weighted by Crippen LogP contribution is 2.20. The first-order chi connectivity index (χ1) is 6.29. The van der Waals surface area contributed by atoms with E-state index < -0.39 is 0 Å². The van der Waals surface area contributed by atoms with Gasteiger partial charge >= 0.3 is 0 Å². The Labute approximate surface area is 88.8 Å². The SMILES string of the molecule is CCC1CCCCN1C(=O)CCBr. The van der Waals surface area contributed by atoms with Crippen LogP contribution in [0.15, 0.2) is 0 Å². The fourth-order valence-corrected chi connectivity index (χ4v) is 2.32. The van der Waals surface area contributed by atoms with Gasteiger partial charge in [-0.3, -0.25) is 4.79 Å². The summed E-state index contributed by atoms with van der Waals surface area (Å²) < 4.78 is 0. The van der Waals surface area contributed by atoms with E-state index >= 15 is 0 Å². The lowest BCUT2D eigenvalue weighted by Crippen LogP contribution is -2.43. The maximum Gasteiger partial charge on any atom is 0.223 e. The first-order valence-electron chi connectivity index (χ1n) is 5.15. The zero-order valence-electron chi connectivity index (χ0n) is 8.26. The largest absolute Gasteiger partial charge is 0.340 e. The van der Waals surface area contributed by atoms with Crippen LogP contribution in [0.5, 0.6) is 0 Å². The summed E-state index contributed by atoms with van der Waals surface area (Å²) in [5.74, 6) is 0.323. The number of alkyl halides is 1. The highest BCUT2D eigenvalue weighted by Gasteiger charge is 2.24. The van der Waals surface area contributed by atoms with Crippen LogP contribution in [0.3, 0.4) is 0 Å². The van der Waals surface area contributed by atoms with Crippen molar-refractivity contribution < 1.29 is 4.79 Å². The summed E-state index contributed by atoms with van der Waals surface area (Å²) in [5.41, 5.74) is 0. The summed E-state index contributed by atoms with van der Waals surface area (Å²) in [7, 11) is 0. The van der Waals surface area contributed by atoms with Crippen molar-refractivity contribution in [2.75, 3.05) is 11.9 Å². The quantitative estimate of drug-likeness (QED) is 0.703. The number of rotatable bonds is 3. The number of nitrogens with zero attached hydrogens (tertiary/aromatic N) is 1. The molecule has 1 rings (SSSR count). The molecule has 1 heterocycles. The molecule has 1 aliphatic heterocycles. The Kier molecular flexibility index (Phi) is 4.78. The molecule has 13 heavy (non-hydrogen) atoms. The Morgan fingerprint density at radius 3 is 2.92 bits per heavy atom. The maximum absolute atomic E-state index is 11.7. The minimum absolute atomic E-state index is 0.323. The van der Waals surface area contributed by atoms with Gasteiger partial charge in [0.2, 0.25) is 5.91 Å². The second kappa shape index (κ2) is 5.63. The molecule has 1 unspecified atom stereocenters. The van der Waals surface area contributed by atoms with Crippen molar-refractivity contribution in [2.24, 2.45) is 0 Å². The van der Waals surface area contributed by atoms with E-state index in [1.165, 1.54) is 19.3 Å². The molecule has 0 N–H and O–H groups in total. The summed E-state index contributed by atoms with van der Waals surface area (Å²) in [6.07, 6.45) is 5.43. The van der Waals surface area contributed by atoms with Crippen LogP contribution in [0.2, 0.25) is 0 Å². The Bertz CT molecular complexity index is 172. The van der Waals surface area contributed by atoms with Crippen LogP contribution in [0.25, 0.3) is 0 Å². The van der Waals surface area contributed by atoms with Crippen molar-refractivity contribution in [3.63, 3.8) is 0 Å². The van der Waals surface area contributed by atoms with Gasteiger partial charge in [0.05, 0.1) is 0 Å². The van der Waals surface area contributed by atoms with Crippen LogP contribution in [0.1, 0.15) is 39.0 Å². The highest BCUT2D eigenvalue weighted by molar-refractivity contribution is 9.09. The maximum atomic E-state index is 11.7. The molecular weight excluding hydrogens is 230 g/mol. The van der Waals surface area contributed by atoms with E-state index in [1.807, 2.05) is 0 Å². The van der Waals surface area contributed by atoms with E-state index in [9.17, 15) is 4.79 Å². The van der Waals surface area contributed by atoms with Crippen LogP contribution in [0.4, 0.5) is 0 Å². The number of halogens is 1. The van der Waals surface area contributed by atoms with E-state index in [4.69, 9.17) is 0 Å². The topological polar surface area (TPSA) is 20.3 Å². The second-order valence-electron chi connectivity index (χ2n) is 3.58. The number of amides is 1. The molecule has 0 saturated carbocycles. The van der Waals surface area contributed by atoms with Crippen molar-refractivity contribution in [1.29, 1.82) is 0 Å². The standard InChI is InChI=1S/C10H18BrNO/c1-2-9-5-3-4-8-12(9)10(13)6-7-11/h9H,2-8H2,1H3. The number of likely N-dealkylation sites (tertiary alicyclic amines) is 1. The number of carbonyl (C=O) groups excluding carboxylic acids is 1. The normalized spacial score (nSPS) is 23.2. The molecule has 0 aliphatic carbocycles. The number of hydrogen-bond acceptors (Lipinski definition) is 1. The number of hydrogen-bond donors (Lipinski definition) is 0. The van der Waals surface area contributed by atoms with E-state index in [-0.39, 0.29) is 0 Å². The summed E-state index contributed by atoms with van der Waals surface area (Å²) in [4.78, 5) is 13.7. The molecule has 1 amide bonds. The van der Waals surface area contributed by atoms with Gasteiger partial charge < -0.3 is 4.90 Å². The molecule has 1 fully saturated rings. The molecule has 0 spiro atoms. The predicted molar refractivity (Wildman–Crippen MR) is 58.1 cm³/mol. The Balaban J connectivity index is 2.48. The van der Waals surface area contributed by atoms with Gasteiger partial charge in [0, 0.05) is 24.3 Å². The minimum Gasteiger partial charge on any atom is -0.340 e. The molecule has 0 aromatic heterocycles. The van der Waals surface area contributed by atoms with Gasteiger partial charge in [-0.2, -0.15) is 0 Å². The predicted octanol–water partition coefficient (Wildman–Crippen LogP) is 2.56. The average Bonchev–Trinajstić information content (AvgIpc) is 2.18. The average molecular weight is 248 g/mol. The van der Waals surface area contributed by atoms with E-state index in [2.05, 4.69) is 27.8 Å². The third kappa shape index (κ3) is 2.97. The van der Waals surface area contributed by atoms with Gasteiger partial charge in [-0.05, 0) is 25.7 Å². The van der Waals surface area contributed by atoms with Crippen molar-refractivity contribution in [2.45, 2.75) is 45.1 Å². The smallest absolute Gasteiger partial charge is 0.223 e. The summed E-state index contributed by atoms with van der Waals surface area (Å²) in [6, 6.07) is 0.514. The lowest BCUT2D eigenvalue weighted by molar-refractivity contribution is -0.134. The van der Waals surface area contributed by atoms with Crippen molar-refractivity contribution in [3.05, 3.63) is 0 Å². The van der Waals surface area contributed by atoms with Crippen molar-refractivity contribution in [1.82, 2.24) is 4.90 Å². The Morgan fingerprint density at radius 1 is 1.54 bits per heavy atom. The molecule has 0 aromatic carbocycles. The molecule has 3 heteroatoms. The van der Waals surface area contributed by atoms with Gasteiger partial charge in [-0.15, -0.1) is 0 Å². The molecule has 2 nitrogen and oxygen atoms in total. The van der Waals surface area contributed by atoms with E-state index in [0.717, 1.165) is 18.3 Å². The van der Waals surface area contributed by atoms with Gasteiger partial charge in [0.1, 0.15) is 0 Å².